The van der Waals surface area contributed by atoms with Crippen LogP contribution in [0, 0.1) is 5.82 Å². The molecule has 0 fully saturated rings. The average Bonchev–Trinajstić information content (AvgIpc) is 3.59. The summed E-state index contributed by atoms with van der Waals surface area (Å²) in [6.45, 7) is 1.65. The molecular formula is C33H34ClFN4O6. The minimum atomic E-state index is -1.00. The number of imidazole rings is 1. The lowest BCUT2D eigenvalue weighted by Gasteiger charge is -2.07. The number of halogens is 2. The number of carboxylic acid groups (broad SMARTS) is 1. The number of nitrogens with zero attached hydrogens (tertiary/aromatic N) is 2. The van der Waals surface area contributed by atoms with Gasteiger partial charge >= 0.3 is 5.97 Å². The first-order valence-electron chi connectivity index (χ1n) is 14.7. The van der Waals surface area contributed by atoms with E-state index in [0.717, 1.165) is 35.0 Å². The first-order valence-corrected chi connectivity index (χ1v) is 15.0. The van der Waals surface area contributed by atoms with Crippen LogP contribution < -0.4 is 5.56 Å². The van der Waals surface area contributed by atoms with Crippen LogP contribution in [0.4, 0.5) is 4.39 Å². The first-order chi connectivity index (χ1) is 21.9. The van der Waals surface area contributed by atoms with Gasteiger partial charge in [0.15, 0.2) is 0 Å². The maximum atomic E-state index is 13.7. The quantitative estimate of drug-likeness (QED) is 0.117. The number of aromatic nitrogens is 4. The van der Waals surface area contributed by atoms with Crippen LogP contribution >= 0.6 is 11.6 Å². The number of fused-ring (bicyclic) bond motifs is 1. The third-order valence-electron chi connectivity index (χ3n) is 7.17. The Morgan fingerprint density at radius 3 is 2.27 bits per heavy atom. The summed E-state index contributed by atoms with van der Waals surface area (Å²) in [6.07, 6.45) is 2.67. The van der Waals surface area contributed by atoms with Crippen molar-refractivity contribution in [3.05, 3.63) is 105 Å². The monoisotopic (exact) mass is 636 g/mol. The Hall–Kier alpha value is -4.29. The molecule has 2 aromatic heterocycles. The highest BCUT2D eigenvalue weighted by molar-refractivity contribution is 6.31. The molecule has 3 N–H and O–H groups in total. The van der Waals surface area contributed by atoms with E-state index in [4.69, 9.17) is 30.9 Å². The SMILES string of the molecule is O=C(O)COCCOCCOCCCc1ccc(-c2[nH]n(-c3nc4ccc(Cl)cc4[nH]3)c(=O)c2CCc2ccc(F)cc2)cc1. The molecule has 10 nitrogen and oxygen atoms in total. The Bertz CT molecular complexity index is 1770. The smallest absolute Gasteiger partial charge is 0.329 e. The van der Waals surface area contributed by atoms with E-state index in [1.165, 1.54) is 16.8 Å². The molecule has 0 bridgehead atoms. The Labute approximate surface area is 263 Å². The molecule has 0 radical (unpaired) electrons. The minimum absolute atomic E-state index is 0.213. The van der Waals surface area contributed by atoms with Crippen LogP contribution in [0.2, 0.25) is 5.02 Å². The standard InChI is InChI=1S/C33H34ClFN4O6/c34-25-10-14-28-29(20-25)37-33(36-28)39-32(42)27(13-7-23-5-11-26(35)12-6-23)31(38-39)24-8-3-22(4-9-24)2-1-15-43-16-17-44-18-19-45-21-30(40)41/h3-6,8-12,14,20,38H,1-2,7,13,15-19,21H2,(H,36,37)(H,40,41). The normalized spacial score (nSPS) is 11.4. The molecule has 0 saturated carbocycles. The number of benzene rings is 3. The molecule has 0 amide bonds. The lowest BCUT2D eigenvalue weighted by Crippen LogP contribution is -2.18. The van der Waals surface area contributed by atoms with Crippen LogP contribution in [0.15, 0.2) is 71.5 Å². The molecule has 0 spiro atoms. The van der Waals surface area contributed by atoms with Crippen LogP contribution in [-0.2, 0) is 38.3 Å². The van der Waals surface area contributed by atoms with Gasteiger partial charge in [-0.2, -0.15) is 4.68 Å². The van der Waals surface area contributed by atoms with Gasteiger partial charge in [-0.1, -0.05) is 48.0 Å². The summed E-state index contributed by atoms with van der Waals surface area (Å²) in [5.74, 6) is -0.943. The molecule has 0 saturated heterocycles. The van der Waals surface area contributed by atoms with Crippen LogP contribution in [0.25, 0.3) is 28.2 Å². The molecule has 2 heterocycles. The van der Waals surface area contributed by atoms with Gasteiger partial charge in [-0.25, -0.2) is 14.2 Å². The molecule has 0 aliphatic rings. The average molecular weight is 637 g/mol. The lowest BCUT2D eigenvalue weighted by molar-refractivity contribution is -0.142. The number of hydrogen-bond acceptors (Lipinski definition) is 6. The predicted molar refractivity (Wildman–Crippen MR) is 169 cm³/mol. The summed E-state index contributed by atoms with van der Waals surface area (Å²) >= 11 is 6.15. The van der Waals surface area contributed by atoms with Gasteiger partial charge in [0.1, 0.15) is 12.4 Å². The zero-order chi connectivity index (χ0) is 31.6. The van der Waals surface area contributed by atoms with Gasteiger partial charge in [0.2, 0.25) is 5.95 Å². The summed E-state index contributed by atoms with van der Waals surface area (Å²) in [6, 6.07) is 19.7. The van der Waals surface area contributed by atoms with Gasteiger partial charge in [0, 0.05) is 17.2 Å². The third-order valence-corrected chi connectivity index (χ3v) is 7.41. The second kappa shape index (κ2) is 15.6. The molecule has 0 aliphatic carbocycles. The molecule has 3 aromatic carbocycles. The summed E-state index contributed by atoms with van der Waals surface area (Å²) in [4.78, 5) is 31.9. The highest BCUT2D eigenvalue weighted by Gasteiger charge is 2.19. The number of rotatable bonds is 17. The highest BCUT2D eigenvalue weighted by Crippen LogP contribution is 2.24. The number of carboxylic acids is 1. The topological polar surface area (TPSA) is 131 Å². The zero-order valence-corrected chi connectivity index (χ0v) is 25.3. The number of aromatic amines is 2. The highest BCUT2D eigenvalue weighted by atomic mass is 35.5. The number of aryl methyl sites for hydroxylation is 2. The van der Waals surface area contributed by atoms with Gasteiger partial charge < -0.3 is 24.3 Å². The Morgan fingerprint density at radius 1 is 0.867 bits per heavy atom. The van der Waals surface area contributed by atoms with Crippen molar-refractivity contribution in [2.45, 2.75) is 25.7 Å². The van der Waals surface area contributed by atoms with Gasteiger partial charge in [0.05, 0.1) is 43.2 Å². The number of ether oxygens (including phenoxy) is 3. The maximum Gasteiger partial charge on any atom is 0.329 e. The molecule has 0 aliphatic heterocycles. The Kier molecular flexibility index (Phi) is 11.2. The molecule has 236 valence electrons. The van der Waals surface area contributed by atoms with Crippen molar-refractivity contribution >= 4 is 28.6 Å². The molecular weight excluding hydrogens is 603 g/mol. The largest absolute Gasteiger partial charge is 0.480 e. The van der Waals surface area contributed by atoms with E-state index in [1.807, 2.05) is 24.3 Å². The Morgan fingerprint density at radius 2 is 1.53 bits per heavy atom. The van der Waals surface area contributed by atoms with E-state index in [-0.39, 0.29) is 24.6 Å². The Balaban J connectivity index is 1.22. The van der Waals surface area contributed by atoms with Crippen molar-refractivity contribution < 1.29 is 28.5 Å². The molecule has 0 unspecified atom stereocenters. The summed E-state index contributed by atoms with van der Waals surface area (Å²) in [5.41, 5.74) is 5.43. The molecule has 5 aromatic rings. The number of aliphatic carboxylic acids is 1. The fourth-order valence-corrected chi connectivity index (χ4v) is 5.07. The van der Waals surface area contributed by atoms with Crippen molar-refractivity contribution in [1.29, 1.82) is 0 Å². The summed E-state index contributed by atoms with van der Waals surface area (Å²) < 4.78 is 30.7. The van der Waals surface area contributed by atoms with E-state index in [9.17, 15) is 14.0 Å². The van der Waals surface area contributed by atoms with Crippen molar-refractivity contribution in [3.63, 3.8) is 0 Å². The van der Waals surface area contributed by atoms with E-state index in [1.54, 1.807) is 30.3 Å². The van der Waals surface area contributed by atoms with Crippen molar-refractivity contribution in [3.8, 4) is 17.2 Å². The minimum Gasteiger partial charge on any atom is -0.480 e. The van der Waals surface area contributed by atoms with Crippen molar-refractivity contribution in [2.75, 3.05) is 39.6 Å². The predicted octanol–water partition coefficient (Wildman–Crippen LogP) is 5.35. The number of hydrogen-bond donors (Lipinski definition) is 3. The van der Waals surface area contributed by atoms with E-state index >= 15 is 0 Å². The fourth-order valence-electron chi connectivity index (χ4n) is 4.90. The number of nitrogens with one attached hydrogen (secondary N) is 2. The summed E-state index contributed by atoms with van der Waals surface area (Å²) in [5, 5.41) is 12.4. The number of carbonyl (C=O) groups is 1. The van der Waals surface area contributed by atoms with Gasteiger partial charge in [-0.05, 0) is 72.7 Å². The maximum absolute atomic E-state index is 13.7. The third kappa shape index (κ3) is 8.89. The van der Waals surface area contributed by atoms with Crippen LogP contribution in [-0.4, -0.2) is 70.5 Å². The van der Waals surface area contributed by atoms with Crippen molar-refractivity contribution in [1.82, 2.24) is 19.7 Å². The molecule has 0 atom stereocenters. The van der Waals surface area contributed by atoms with Gasteiger partial charge in [-0.15, -0.1) is 0 Å². The van der Waals surface area contributed by atoms with Gasteiger partial charge in [0.25, 0.3) is 5.56 Å². The fraction of sp³-hybridized carbons (Fsp3) is 0.303. The molecule has 5 rings (SSSR count). The van der Waals surface area contributed by atoms with Crippen molar-refractivity contribution in [2.24, 2.45) is 0 Å². The van der Waals surface area contributed by atoms with Crippen LogP contribution in [0.5, 0.6) is 0 Å². The van der Waals surface area contributed by atoms with Crippen LogP contribution in [0.1, 0.15) is 23.1 Å². The first kappa shape index (κ1) is 32.1. The second-order valence-electron chi connectivity index (χ2n) is 10.4. The number of H-pyrrole nitrogens is 2. The van der Waals surface area contributed by atoms with Gasteiger partial charge in [-0.3, -0.25) is 9.89 Å². The van der Waals surface area contributed by atoms with E-state index in [2.05, 4.69) is 15.1 Å². The van der Waals surface area contributed by atoms with E-state index < -0.39 is 5.97 Å². The zero-order valence-electron chi connectivity index (χ0n) is 24.6. The van der Waals surface area contributed by atoms with Crippen LogP contribution in [0.3, 0.4) is 0 Å². The summed E-state index contributed by atoms with van der Waals surface area (Å²) in [7, 11) is 0. The molecule has 12 heteroatoms. The molecule has 45 heavy (non-hydrogen) atoms. The second-order valence-corrected chi connectivity index (χ2v) is 10.9. The lowest BCUT2D eigenvalue weighted by atomic mass is 10.00. The van der Waals surface area contributed by atoms with E-state index in [0.29, 0.717) is 67.0 Å².